The molecule has 0 unspecified atom stereocenters. The number of hydrogen-bond acceptors (Lipinski definition) is 2. The molecule has 0 bridgehead atoms. The minimum atomic E-state index is -0.0365. The lowest BCUT2D eigenvalue weighted by molar-refractivity contribution is -0.115. The summed E-state index contributed by atoms with van der Waals surface area (Å²) in [5, 5.41) is 2.80. The van der Waals surface area contributed by atoms with Crippen molar-refractivity contribution in [2.75, 3.05) is 5.32 Å². The Morgan fingerprint density at radius 1 is 1.53 bits per heavy atom. The number of benzene rings is 1. The van der Waals surface area contributed by atoms with E-state index in [1.54, 1.807) is 6.08 Å². The number of fused-ring (bicyclic) bond motifs is 1. The number of rotatable bonds is 4. The van der Waals surface area contributed by atoms with Crippen molar-refractivity contribution in [3.8, 4) is 0 Å². The summed E-state index contributed by atoms with van der Waals surface area (Å²) >= 11 is 0. The van der Waals surface area contributed by atoms with Crippen molar-refractivity contribution in [1.29, 1.82) is 0 Å². The van der Waals surface area contributed by atoms with Crippen molar-refractivity contribution < 1.29 is 4.79 Å². The van der Waals surface area contributed by atoms with Gasteiger partial charge in [-0.15, -0.1) is 6.58 Å². The number of carbonyl (C=O) groups is 1. The molecule has 4 nitrogen and oxygen atoms in total. The van der Waals surface area contributed by atoms with Crippen LogP contribution < -0.4 is 5.32 Å². The molecule has 0 radical (unpaired) electrons. The van der Waals surface area contributed by atoms with E-state index in [1.807, 2.05) is 35.8 Å². The zero-order valence-corrected chi connectivity index (χ0v) is 9.81. The molecule has 1 aromatic carbocycles. The van der Waals surface area contributed by atoms with Gasteiger partial charge < -0.3 is 4.57 Å². The molecule has 0 aliphatic carbocycles. The van der Waals surface area contributed by atoms with E-state index >= 15 is 0 Å². The first kappa shape index (κ1) is 11.4. The van der Waals surface area contributed by atoms with E-state index in [-0.39, 0.29) is 5.91 Å². The van der Waals surface area contributed by atoms with E-state index < -0.39 is 0 Å². The van der Waals surface area contributed by atoms with Crippen molar-refractivity contribution in [2.45, 2.75) is 19.9 Å². The van der Waals surface area contributed by atoms with E-state index in [2.05, 4.69) is 16.9 Å². The van der Waals surface area contributed by atoms with Crippen molar-refractivity contribution >= 4 is 22.9 Å². The van der Waals surface area contributed by atoms with Gasteiger partial charge in [0.25, 0.3) is 0 Å². The maximum Gasteiger partial charge on any atom is 0.226 e. The molecule has 1 amide bonds. The lowest BCUT2D eigenvalue weighted by atomic mass is 10.3. The van der Waals surface area contributed by atoms with Crippen LogP contribution in [0.15, 0.2) is 36.9 Å². The molecule has 0 saturated carbocycles. The molecule has 4 heteroatoms. The molecular weight excluding hydrogens is 214 g/mol. The number of amides is 1. The first-order valence-electron chi connectivity index (χ1n) is 5.62. The predicted octanol–water partition coefficient (Wildman–Crippen LogP) is 2.57. The summed E-state index contributed by atoms with van der Waals surface area (Å²) in [5.74, 6) is 0.545. The monoisotopic (exact) mass is 229 g/mol. The fourth-order valence-electron chi connectivity index (χ4n) is 1.70. The van der Waals surface area contributed by atoms with Gasteiger partial charge in [0.1, 0.15) is 0 Å². The summed E-state index contributed by atoms with van der Waals surface area (Å²) in [6.07, 6.45) is 2.23. The molecule has 0 fully saturated rings. The number of hydrogen-bond donors (Lipinski definition) is 1. The van der Waals surface area contributed by atoms with Crippen LogP contribution in [0.2, 0.25) is 0 Å². The molecule has 17 heavy (non-hydrogen) atoms. The first-order valence-corrected chi connectivity index (χ1v) is 5.62. The van der Waals surface area contributed by atoms with Gasteiger partial charge in [0, 0.05) is 13.0 Å². The molecule has 88 valence electrons. The van der Waals surface area contributed by atoms with Gasteiger partial charge in [-0.05, 0) is 12.1 Å². The molecule has 2 rings (SSSR count). The average Bonchev–Trinajstić information content (AvgIpc) is 2.68. The Morgan fingerprint density at radius 2 is 2.29 bits per heavy atom. The Hall–Kier alpha value is -2.10. The molecule has 2 aromatic rings. The van der Waals surface area contributed by atoms with Crippen LogP contribution in [-0.4, -0.2) is 15.5 Å². The highest BCUT2D eigenvalue weighted by atomic mass is 16.1. The topological polar surface area (TPSA) is 46.9 Å². The smallest absolute Gasteiger partial charge is 0.226 e. The number of anilines is 1. The number of allylic oxidation sites excluding steroid dienone is 1. The van der Waals surface area contributed by atoms with Crippen LogP contribution >= 0.6 is 0 Å². The van der Waals surface area contributed by atoms with E-state index in [0.717, 1.165) is 11.0 Å². The number of para-hydroxylation sites is 2. The summed E-state index contributed by atoms with van der Waals surface area (Å²) in [7, 11) is 0. The molecule has 0 spiro atoms. The van der Waals surface area contributed by atoms with Crippen molar-refractivity contribution in [2.24, 2.45) is 0 Å². The van der Waals surface area contributed by atoms with Gasteiger partial charge in [-0.2, -0.15) is 0 Å². The van der Waals surface area contributed by atoms with Gasteiger partial charge in [0.2, 0.25) is 11.9 Å². The molecule has 0 saturated heterocycles. The van der Waals surface area contributed by atoms with Gasteiger partial charge >= 0.3 is 0 Å². The van der Waals surface area contributed by atoms with Crippen molar-refractivity contribution in [3.05, 3.63) is 36.9 Å². The standard InChI is InChI=1S/C13H15N3O/c1-3-9-16-11-8-6-5-7-10(11)14-13(16)15-12(17)4-2/h3,5-8H,1,4,9H2,2H3,(H,14,15,17). The number of nitrogens with zero attached hydrogens (tertiary/aromatic N) is 2. The lowest BCUT2D eigenvalue weighted by Gasteiger charge is -2.06. The van der Waals surface area contributed by atoms with Crippen LogP contribution in [0.1, 0.15) is 13.3 Å². The van der Waals surface area contributed by atoms with Crippen LogP contribution in [-0.2, 0) is 11.3 Å². The molecule has 1 heterocycles. The minimum absolute atomic E-state index is 0.0365. The van der Waals surface area contributed by atoms with Gasteiger partial charge in [-0.25, -0.2) is 4.98 Å². The molecular formula is C13H15N3O. The summed E-state index contributed by atoms with van der Waals surface area (Å²) in [6.45, 7) is 6.16. The van der Waals surface area contributed by atoms with Crippen LogP contribution in [0.25, 0.3) is 11.0 Å². The number of imidazole rings is 1. The normalized spacial score (nSPS) is 10.4. The fraction of sp³-hybridized carbons (Fsp3) is 0.231. The van der Waals surface area contributed by atoms with Gasteiger partial charge in [0.15, 0.2) is 0 Å². The first-order chi connectivity index (χ1) is 8.26. The summed E-state index contributed by atoms with van der Waals surface area (Å²) in [6, 6.07) is 7.79. The van der Waals surface area contributed by atoms with Crippen LogP contribution in [0.5, 0.6) is 0 Å². The molecule has 0 aliphatic heterocycles. The number of carbonyl (C=O) groups excluding carboxylic acids is 1. The number of nitrogens with one attached hydrogen (secondary N) is 1. The van der Waals surface area contributed by atoms with Crippen LogP contribution in [0.4, 0.5) is 5.95 Å². The zero-order valence-electron chi connectivity index (χ0n) is 9.81. The van der Waals surface area contributed by atoms with Crippen LogP contribution in [0.3, 0.4) is 0 Å². The largest absolute Gasteiger partial charge is 0.306 e. The lowest BCUT2D eigenvalue weighted by Crippen LogP contribution is -2.14. The Labute approximate surface area is 100.0 Å². The van der Waals surface area contributed by atoms with E-state index in [1.165, 1.54) is 0 Å². The van der Waals surface area contributed by atoms with Crippen molar-refractivity contribution in [3.63, 3.8) is 0 Å². The third-order valence-electron chi connectivity index (χ3n) is 2.54. The average molecular weight is 229 g/mol. The minimum Gasteiger partial charge on any atom is -0.306 e. The van der Waals surface area contributed by atoms with Gasteiger partial charge in [0.05, 0.1) is 11.0 Å². The summed E-state index contributed by atoms with van der Waals surface area (Å²) in [5.41, 5.74) is 1.87. The highest BCUT2D eigenvalue weighted by Gasteiger charge is 2.10. The molecule has 1 aromatic heterocycles. The molecule has 0 aliphatic rings. The maximum absolute atomic E-state index is 11.4. The Morgan fingerprint density at radius 3 is 3.00 bits per heavy atom. The van der Waals surface area contributed by atoms with Gasteiger partial charge in [-0.1, -0.05) is 25.1 Å². The summed E-state index contributed by atoms with van der Waals surface area (Å²) < 4.78 is 1.94. The Balaban J connectivity index is 2.49. The second-order valence-corrected chi connectivity index (χ2v) is 3.73. The van der Waals surface area contributed by atoms with E-state index in [0.29, 0.717) is 18.9 Å². The van der Waals surface area contributed by atoms with Gasteiger partial charge in [-0.3, -0.25) is 10.1 Å². The highest BCUT2D eigenvalue weighted by Crippen LogP contribution is 2.19. The third kappa shape index (κ3) is 2.20. The van der Waals surface area contributed by atoms with E-state index in [4.69, 9.17) is 0 Å². The quantitative estimate of drug-likeness (QED) is 0.819. The van der Waals surface area contributed by atoms with E-state index in [9.17, 15) is 4.79 Å². The van der Waals surface area contributed by atoms with Crippen molar-refractivity contribution in [1.82, 2.24) is 9.55 Å². The fourth-order valence-corrected chi connectivity index (χ4v) is 1.70. The third-order valence-corrected chi connectivity index (χ3v) is 2.54. The predicted molar refractivity (Wildman–Crippen MR) is 68.9 cm³/mol. The molecule has 0 atom stereocenters. The number of aromatic nitrogens is 2. The maximum atomic E-state index is 11.4. The summed E-state index contributed by atoms with van der Waals surface area (Å²) in [4.78, 5) is 15.8. The van der Waals surface area contributed by atoms with Crippen LogP contribution in [0, 0.1) is 0 Å². The molecule has 1 N–H and O–H groups in total. The SMILES string of the molecule is C=CCn1c(NC(=O)CC)nc2ccccc21. The Bertz CT molecular complexity index is 557. The second kappa shape index (κ2) is 4.82. The zero-order chi connectivity index (χ0) is 12.3. The highest BCUT2D eigenvalue weighted by molar-refractivity contribution is 5.91. The second-order valence-electron chi connectivity index (χ2n) is 3.73. The Kier molecular flexibility index (Phi) is 3.23.